The number of nitrogens with one attached hydrogen (secondary N) is 1. The van der Waals surface area contributed by atoms with E-state index in [2.05, 4.69) is 27.0 Å². The van der Waals surface area contributed by atoms with Crippen LogP contribution in [0.2, 0.25) is 0 Å². The number of aromatic nitrogens is 2. The van der Waals surface area contributed by atoms with Crippen molar-refractivity contribution in [2.75, 3.05) is 11.4 Å². The van der Waals surface area contributed by atoms with Gasteiger partial charge in [-0.15, -0.1) is 0 Å². The molecular weight excluding hydrogens is 434 g/mol. The molecule has 2 aliphatic carbocycles. The Bertz CT molecular complexity index is 1060. The lowest BCUT2D eigenvalue weighted by Gasteiger charge is -2.34. The van der Waals surface area contributed by atoms with Crippen molar-refractivity contribution in [2.24, 2.45) is 5.92 Å². The van der Waals surface area contributed by atoms with Crippen LogP contribution in [-0.2, 0) is 23.1 Å². The zero-order chi connectivity index (χ0) is 22.5. The molecule has 32 heavy (non-hydrogen) atoms. The smallest absolute Gasteiger partial charge is 0.356 e. The molecule has 0 unspecified atom stereocenters. The number of aromatic amines is 1. The molecule has 0 spiro atoms. The maximum atomic E-state index is 14.2. The van der Waals surface area contributed by atoms with Crippen molar-refractivity contribution >= 4 is 15.7 Å². The maximum Gasteiger partial charge on any atom is 0.356 e. The Balaban J connectivity index is 1.56. The number of benzene rings is 1. The third-order valence-corrected chi connectivity index (χ3v) is 8.82. The van der Waals surface area contributed by atoms with Crippen LogP contribution in [0.15, 0.2) is 30.7 Å². The van der Waals surface area contributed by atoms with E-state index < -0.39 is 15.3 Å². The normalized spacial score (nSPS) is 22.6. The van der Waals surface area contributed by atoms with Crippen molar-refractivity contribution in [3.8, 4) is 0 Å². The summed E-state index contributed by atoms with van der Waals surface area (Å²) in [5.74, 6) is 1.16. The second-order valence-electron chi connectivity index (χ2n) is 9.65. The molecule has 2 heterocycles. The summed E-state index contributed by atoms with van der Waals surface area (Å²) in [4.78, 5) is 9.45. The second kappa shape index (κ2) is 8.09. The molecule has 0 bridgehead atoms. The Labute approximate surface area is 188 Å². The quantitative estimate of drug-likeness (QED) is 0.619. The van der Waals surface area contributed by atoms with Gasteiger partial charge in [0.1, 0.15) is 0 Å². The van der Waals surface area contributed by atoms with Gasteiger partial charge in [0.2, 0.25) is 0 Å². The lowest BCUT2D eigenvalue weighted by Crippen LogP contribution is -2.47. The van der Waals surface area contributed by atoms with Gasteiger partial charge in [0.15, 0.2) is 0 Å². The first-order valence-corrected chi connectivity index (χ1v) is 12.9. The number of sulfonamides is 1. The number of imidazole rings is 1. The summed E-state index contributed by atoms with van der Waals surface area (Å²) in [6.45, 7) is 1.04. The van der Waals surface area contributed by atoms with Crippen LogP contribution in [0, 0.1) is 5.92 Å². The van der Waals surface area contributed by atoms with Gasteiger partial charge in [0, 0.05) is 37.9 Å². The number of anilines is 1. The Morgan fingerprint density at radius 2 is 1.97 bits per heavy atom. The molecule has 2 saturated carbocycles. The van der Waals surface area contributed by atoms with Gasteiger partial charge in [-0.05, 0) is 54.7 Å². The summed E-state index contributed by atoms with van der Waals surface area (Å²) in [6.07, 6.45) is 9.77. The van der Waals surface area contributed by atoms with E-state index in [9.17, 15) is 17.2 Å². The Hall–Kier alpha value is -2.00. The van der Waals surface area contributed by atoms with Gasteiger partial charge < -0.3 is 9.88 Å². The Morgan fingerprint density at radius 3 is 2.59 bits per heavy atom. The van der Waals surface area contributed by atoms with E-state index in [-0.39, 0.29) is 19.1 Å². The molecule has 6 nitrogen and oxygen atoms in total. The highest BCUT2D eigenvalue weighted by molar-refractivity contribution is 7.90. The van der Waals surface area contributed by atoms with E-state index in [0.29, 0.717) is 25.3 Å². The molecule has 9 heteroatoms. The molecule has 5 rings (SSSR count). The monoisotopic (exact) mass is 464 g/mol. The van der Waals surface area contributed by atoms with Gasteiger partial charge in [0.25, 0.3) is 10.0 Å². The standard InChI is InChI=1S/C23H30F2N4O2S/c1-23(24,25)32(30,31)28-12-19-10-18(17-5-6-17)7-9-22(19)29(13-20-11-26-15-27-20)21(14-28)8-4-16-2-3-16/h7,9-11,15-17,21H,2-6,8,12-14H2,1H3,(H,26,27)/t21-/m0/s1. The molecule has 0 saturated heterocycles. The zero-order valence-electron chi connectivity index (χ0n) is 18.3. The maximum absolute atomic E-state index is 14.2. The SMILES string of the molecule is CC(F)(F)S(=O)(=O)N1Cc2cc(C3CC3)ccc2N(Cc2cnc[nH]2)[C@@H](CCC2CC2)C1. The highest BCUT2D eigenvalue weighted by Crippen LogP contribution is 2.43. The van der Waals surface area contributed by atoms with Crippen molar-refractivity contribution in [2.45, 2.75) is 75.8 Å². The first kappa shape index (κ1) is 21.8. The van der Waals surface area contributed by atoms with E-state index in [1.807, 2.05) is 6.07 Å². The number of alkyl halides is 2. The van der Waals surface area contributed by atoms with Gasteiger partial charge in [-0.3, -0.25) is 0 Å². The molecular formula is C23H30F2N4O2S. The van der Waals surface area contributed by atoms with Crippen LogP contribution in [-0.4, -0.2) is 40.5 Å². The van der Waals surface area contributed by atoms with Crippen LogP contribution in [0.4, 0.5) is 14.5 Å². The van der Waals surface area contributed by atoms with E-state index in [1.54, 1.807) is 12.5 Å². The van der Waals surface area contributed by atoms with Crippen LogP contribution < -0.4 is 4.90 Å². The third kappa shape index (κ3) is 4.41. The number of hydrogen-bond acceptors (Lipinski definition) is 4. The topological polar surface area (TPSA) is 69.3 Å². The predicted octanol–water partition coefficient (Wildman–Crippen LogP) is 4.61. The zero-order valence-corrected chi connectivity index (χ0v) is 19.1. The molecule has 1 aliphatic heterocycles. The summed E-state index contributed by atoms with van der Waals surface area (Å²) in [7, 11) is -4.77. The fraction of sp³-hybridized carbons (Fsp3) is 0.609. The molecule has 1 aromatic heterocycles. The van der Waals surface area contributed by atoms with Crippen molar-refractivity contribution in [1.82, 2.24) is 14.3 Å². The van der Waals surface area contributed by atoms with Crippen molar-refractivity contribution in [3.05, 3.63) is 47.5 Å². The van der Waals surface area contributed by atoms with Crippen molar-refractivity contribution < 1.29 is 17.2 Å². The average molecular weight is 465 g/mol. The molecule has 1 aromatic carbocycles. The van der Waals surface area contributed by atoms with Crippen molar-refractivity contribution in [3.63, 3.8) is 0 Å². The minimum Gasteiger partial charge on any atom is -0.361 e. The minimum atomic E-state index is -4.77. The second-order valence-corrected chi connectivity index (χ2v) is 11.8. The summed E-state index contributed by atoms with van der Waals surface area (Å²) in [6, 6.07) is 6.02. The molecule has 1 N–H and O–H groups in total. The van der Waals surface area contributed by atoms with Gasteiger partial charge in [-0.25, -0.2) is 13.4 Å². The highest BCUT2D eigenvalue weighted by Gasteiger charge is 2.46. The molecule has 3 aliphatic rings. The molecule has 2 fully saturated rings. The molecule has 0 radical (unpaired) electrons. The van der Waals surface area contributed by atoms with E-state index in [1.165, 1.54) is 18.4 Å². The van der Waals surface area contributed by atoms with Crippen LogP contribution >= 0.6 is 0 Å². The fourth-order valence-corrected chi connectivity index (χ4v) is 5.86. The third-order valence-electron chi connectivity index (χ3n) is 6.96. The predicted molar refractivity (Wildman–Crippen MR) is 119 cm³/mol. The van der Waals surface area contributed by atoms with Crippen LogP contribution in [0.5, 0.6) is 0 Å². The summed E-state index contributed by atoms with van der Waals surface area (Å²) < 4.78 is 55.2. The Kier molecular flexibility index (Phi) is 5.52. The van der Waals surface area contributed by atoms with Gasteiger partial charge >= 0.3 is 5.25 Å². The number of fused-ring (bicyclic) bond motifs is 1. The van der Waals surface area contributed by atoms with E-state index in [0.717, 1.165) is 46.9 Å². The van der Waals surface area contributed by atoms with E-state index in [4.69, 9.17) is 0 Å². The van der Waals surface area contributed by atoms with Gasteiger partial charge in [0.05, 0.1) is 18.6 Å². The molecule has 0 amide bonds. The first-order chi connectivity index (χ1) is 15.2. The summed E-state index contributed by atoms with van der Waals surface area (Å²) in [5, 5.41) is -3.82. The Morgan fingerprint density at radius 1 is 1.19 bits per heavy atom. The summed E-state index contributed by atoms with van der Waals surface area (Å²) >= 11 is 0. The molecule has 2 aromatic rings. The number of nitrogens with zero attached hydrogens (tertiary/aromatic N) is 3. The number of H-pyrrole nitrogens is 1. The first-order valence-electron chi connectivity index (χ1n) is 11.5. The average Bonchev–Trinajstić information content (AvgIpc) is 3.66. The molecule has 1 atom stereocenters. The lowest BCUT2D eigenvalue weighted by atomic mass is 10.0. The van der Waals surface area contributed by atoms with Gasteiger partial charge in [-0.1, -0.05) is 25.0 Å². The van der Waals surface area contributed by atoms with Crippen molar-refractivity contribution in [1.29, 1.82) is 0 Å². The number of halogens is 2. The van der Waals surface area contributed by atoms with Crippen LogP contribution in [0.25, 0.3) is 0 Å². The lowest BCUT2D eigenvalue weighted by molar-refractivity contribution is 0.103. The summed E-state index contributed by atoms with van der Waals surface area (Å²) in [5.41, 5.74) is 3.82. The van der Waals surface area contributed by atoms with Gasteiger partial charge in [-0.2, -0.15) is 13.1 Å². The largest absolute Gasteiger partial charge is 0.361 e. The van der Waals surface area contributed by atoms with E-state index >= 15 is 0 Å². The minimum absolute atomic E-state index is 0.0267. The fourth-order valence-electron chi connectivity index (χ4n) is 4.73. The van der Waals surface area contributed by atoms with Crippen LogP contribution in [0.1, 0.15) is 68.2 Å². The molecule has 174 valence electrons. The number of rotatable bonds is 8. The number of hydrogen-bond donors (Lipinski definition) is 1. The van der Waals surface area contributed by atoms with Crippen LogP contribution in [0.3, 0.4) is 0 Å². The highest BCUT2D eigenvalue weighted by atomic mass is 32.2.